The number of rotatable bonds is 6. The van der Waals surface area contributed by atoms with Crippen molar-refractivity contribution < 1.29 is 4.74 Å². The molecule has 2 rings (SSSR count). The summed E-state index contributed by atoms with van der Waals surface area (Å²) < 4.78 is 6.16. The van der Waals surface area contributed by atoms with Gasteiger partial charge in [-0.1, -0.05) is 29.8 Å². The van der Waals surface area contributed by atoms with Gasteiger partial charge in [0.1, 0.15) is 5.75 Å². The maximum atomic E-state index is 5.89. The number of ether oxygens (including phenoxy) is 1. The summed E-state index contributed by atoms with van der Waals surface area (Å²) in [4.78, 5) is 1.31. The molecule has 18 heavy (non-hydrogen) atoms. The Balaban J connectivity index is 1.78. The Morgan fingerprint density at radius 3 is 2.78 bits per heavy atom. The summed E-state index contributed by atoms with van der Waals surface area (Å²) in [6, 6.07) is 12.1. The Morgan fingerprint density at radius 2 is 2.06 bits per heavy atom. The molecule has 0 aliphatic carbocycles. The molecule has 1 aromatic heterocycles. The fraction of sp³-hybridized carbons (Fsp3) is 0.286. The highest BCUT2D eigenvalue weighted by atomic mass is 35.5. The lowest BCUT2D eigenvalue weighted by Crippen LogP contribution is -2.16. The van der Waals surface area contributed by atoms with E-state index in [-0.39, 0.29) is 0 Å². The van der Waals surface area contributed by atoms with Crippen molar-refractivity contribution >= 4 is 22.9 Å². The zero-order chi connectivity index (χ0) is 12.8. The van der Waals surface area contributed by atoms with Crippen LogP contribution in [-0.4, -0.2) is 13.7 Å². The van der Waals surface area contributed by atoms with E-state index in [4.69, 9.17) is 16.3 Å². The number of thiophene rings is 1. The van der Waals surface area contributed by atoms with Crippen molar-refractivity contribution in [3.05, 3.63) is 51.2 Å². The van der Waals surface area contributed by atoms with Crippen molar-refractivity contribution in [2.24, 2.45) is 0 Å². The standard InChI is InChI=1S/C14H16ClNOS/c1-17-13-5-3-2-4-11(13)10-16-9-8-12-6-7-14(15)18-12/h2-7,16H,8-10H2,1H3. The lowest BCUT2D eigenvalue weighted by Gasteiger charge is -2.08. The SMILES string of the molecule is COc1ccccc1CNCCc1ccc(Cl)s1. The van der Waals surface area contributed by atoms with Gasteiger partial charge in [-0.2, -0.15) is 0 Å². The monoisotopic (exact) mass is 281 g/mol. The highest BCUT2D eigenvalue weighted by Crippen LogP contribution is 2.21. The van der Waals surface area contributed by atoms with Crippen LogP contribution in [0, 0.1) is 0 Å². The van der Waals surface area contributed by atoms with Crippen LogP contribution in [0.25, 0.3) is 0 Å². The van der Waals surface area contributed by atoms with E-state index in [9.17, 15) is 0 Å². The van der Waals surface area contributed by atoms with E-state index in [0.29, 0.717) is 0 Å². The molecule has 0 aliphatic heterocycles. The quantitative estimate of drug-likeness (QED) is 0.815. The summed E-state index contributed by atoms with van der Waals surface area (Å²) >= 11 is 7.53. The molecule has 96 valence electrons. The normalized spacial score (nSPS) is 10.6. The summed E-state index contributed by atoms with van der Waals surface area (Å²) in [6.45, 7) is 1.76. The van der Waals surface area contributed by atoms with Crippen molar-refractivity contribution in [3.8, 4) is 5.75 Å². The first kappa shape index (κ1) is 13.4. The van der Waals surface area contributed by atoms with Gasteiger partial charge in [0.15, 0.2) is 0 Å². The smallest absolute Gasteiger partial charge is 0.123 e. The molecule has 0 fully saturated rings. The largest absolute Gasteiger partial charge is 0.496 e. The third-order valence-corrected chi connectivity index (χ3v) is 3.98. The average molecular weight is 282 g/mol. The maximum Gasteiger partial charge on any atom is 0.123 e. The molecule has 4 heteroatoms. The second-order valence-corrected chi connectivity index (χ2v) is 5.74. The lowest BCUT2D eigenvalue weighted by molar-refractivity contribution is 0.408. The predicted molar refractivity (Wildman–Crippen MR) is 77.7 cm³/mol. The molecule has 1 N–H and O–H groups in total. The number of benzene rings is 1. The Morgan fingerprint density at radius 1 is 1.22 bits per heavy atom. The molecular formula is C14H16ClNOS. The van der Waals surface area contributed by atoms with Crippen LogP contribution in [-0.2, 0) is 13.0 Å². The van der Waals surface area contributed by atoms with Gasteiger partial charge in [-0.05, 0) is 24.6 Å². The summed E-state index contributed by atoms with van der Waals surface area (Å²) in [5, 5.41) is 3.42. The molecule has 0 atom stereocenters. The van der Waals surface area contributed by atoms with E-state index in [2.05, 4.69) is 17.4 Å². The van der Waals surface area contributed by atoms with Gasteiger partial charge in [0.2, 0.25) is 0 Å². The van der Waals surface area contributed by atoms with E-state index in [1.165, 1.54) is 10.4 Å². The molecule has 0 spiro atoms. The van der Waals surface area contributed by atoms with Crippen molar-refractivity contribution in [1.82, 2.24) is 5.32 Å². The van der Waals surface area contributed by atoms with E-state index < -0.39 is 0 Å². The van der Waals surface area contributed by atoms with Crippen LogP contribution >= 0.6 is 22.9 Å². The highest BCUT2D eigenvalue weighted by molar-refractivity contribution is 7.16. The van der Waals surface area contributed by atoms with Crippen LogP contribution in [0.1, 0.15) is 10.4 Å². The summed E-state index contributed by atoms with van der Waals surface area (Å²) in [7, 11) is 1.70. The van der Waals surface area contributed by atoms with Crippen molar-refractivity contribution in [2.75, 3.05) is 13.7 Å². The first-order valence-electron chi connectivity index (χ1n) is 5.86. The van der Waals surface area contributed by atoms with Gasteiger partial charge < -0.3 is 10.1 Å². The van der Waals surface area contributed by atoms with Crippen LogP contribution in [0.4, 0.5) is 0 Å². The minimum atomic E-state index is 0.823. The van der Waals surface area contributed by atoms with Gasteiger partial charge in [-0.25, -0.2) is 0 Å². The third-order valence-electron chi connectivity index (χ3n) is 2.69. The molecule has 2 nitrogen and oxygen atoms in total. The zero-order valence-electron chi connectivity index (χ0n) is 10.3. The van der Waals surface area contributed by atoms with Gasteiger partial charge in [0.25, 0.3) is 0 Å². The van der Waals surface area contributed by atoms with Crippen LogP contribution in [0.5, 0.6) is 5.75 Å². The number of hydrogen-bond acceptors (Lipinski definition) is 3. The Hall–Kier alpha value is -1.03. The molecular weight excluding hydrogens is 266 g/mol. The first-order valence-corrected chi connectivity index (χ1v) is 7.06. The second-order valence-electron chi connectivity index (χ2n) is 3.94. The van der Waals surface area contributed by atoms with Crippen molar-refractivity contribution in [1.29, 1.82) is 0 Å². The predicted octanol–water partition coefficient (Wildman–Crippen LogP) is 3.74. The fourth-order valence-corrected chi connectivity index (χ4v) is 2.86. The first-order chi connectivity index (χ1) is 8.79. The lowest BCUT2D eigenvalue weighted by atomic mass is 10.2. The van der Waals surface area contributed by atoms with E-state index in [0.717, 1.165) is 29.6 Å². The van der Waals surface area contributed by atoms with Gasteiger partial charge in [0, 0.05) is 23.5 Å². The van der Waals surface area contributed by atoms with Crippen LogP contribution in [0.15, 0.2) is 36.4 Å². The molecule has 0 amide bonds. The number of nitrogens with one attached hydrogen (secondary N) is 1. The van der Waals surface area contributed by atoms with Crippen molar-refractivity contribution in [2.45, 2.75) is 13.0 Å². The zero-order valence-corrected chi connectivity index (χ0v) is 11.9. The second kappa shape index (κ2) is 6.78. The number of methoxy groups -OCH3 is 1. The van der Waals surface area contributed by atoms with Gasteiger partial charge in [0.05, 0.1) is 11.4 Å². The number of hydrogen-bond donors (Lipinski definition) is 1. The average Bonchev–Trinajstić information content (AvgIpc) is 2.81. The van der Waals surface area contributed by atoms with E-state index in [1.807, 2.05) is 24.3 Å². The van der Waals surface area contributed by atoms with Gasteiger partial charge >= 0.3 is 0 Å². The minimum absolute atomic E-state index is 0.823. The topological polar surface area (TPSA) is 21.3 Å². The summed E-state index contributed by atoms with van der Waals surface area (Å²) in [5.74, 6) is 0.934. The van der Waals surface area contributed by atoms with Crippen molar-refractivity contribution in [3.63, 3.8) is 0 Å². The Labute approximate surface area is 117 Å². The van der Waals surface area contributed by atoms with Crippen LogP contribution < -0.4 is 10.1 Å². The number of halogens is 1. The van der Waals surface area contributed by atoms with Crippen LogP contribution in [0.2, 0.25) is 4.34 Å². The summed E-state index contributed by atoms with van der Waals surface area (Å²) in [6.07, 6.45) is 1.01. The molecule has 0 radical (unpaired) electrons. The molecule has 0 aliphatic rings. The molecule has 2 aromatic rings. The Kier molecular flexibility index (Phi) is 5.05. The van der Waals surface area contributed by atoms with Crippen LogP contribution in [0.3, 0.4) is 0 Å². The third kappa shape index (κ3) is 3.73. The molecule has 0 saturated heterocycles. The molecule has 0 saturated carbocycles. The highest BCUT2D eigenvalue weighted by Gasteiger charge is 2.01. The van der Waals surface area contributed by atoms with E-state index in [1.54, 1.807) is 18.4 Å². The van der Waals surface area contributed by atoms with Gasteiger partial charge in [-0.15, -0.1) is 11.3 Å². The molecule has 0 bridgehead atoms. The molecule has 1 aromatic carbocycles. The van der Waals surface area contributed by atoms with Gasteiger partial charge in [-0.3, -0.25) is 0 Å². The maximum absolute atomic E-state index is 5.89. The summed E-state index contributed by atoms with van der Waals surface area (Å²) in [5.41, 5.74) is 1.18. The molecule has 1 heterocycles. The Bertz CT molecular complexity index is 498. The van der Waals surface area contributed by atoms with E-state index >= 15 is 0 Å². The fourth-order valence-electron chi connectivity index (χ4n) is 1.77. The minimum Gasteiger partial charge on any atom is -0.496 e. The number of para-hydroxylation sites is 1. The molecule has 0 unspecified atom stereocenters.